The maximum Gasteiger partial charge on any atom is 0.330 e. The van der Waals surface area contributed by atoms with Crippen molar-refractivity contribution in [3.63, 3.8) is 0 Å². The normalized spacial score (nSPS) is 20.2. The predicted octanol–water partition coefficient (Wildman–Crippen LogP) is -0.0940. The summed E-state index contributed by atoms with van der Waals surface area (Å²) in [4.78, 5) is 35.6. The maximum atomic E-state index is 11.8. The smallest absolute Gasteiger partial charge is 0.277 e. The Morgan fingerprint density at radius 1 is 1.33 bits per heavy atom. The Morgan fingerprint density at radius 2 is 2.06 bits per heavy atom. The zero-order valence-corrected chi connectivity index (χ0v) is 10.2. The molecule has 1 aromatic rings. The van der Waals surface area contributed by atoms with Crippen molar-refractivity contribution in [2.75, 3.05) is 6.54 Å². The predicted molar refractivity (Wildman–Crippen MR) is 61.4 cm³/mol. The van der Waals surface area contributed by atoms with Gasteiger partial charge >= 0.3 is 6.03 Å². The number of hydrogen-bond donors (Lipinski definition) is 1. The van der Waals surface area contributed by atoms with E-state index in [2.05, 4.69) is 10.4 Å². The van der Waals surface area contributed by atoms with E-state index in [9.17, 15) is 14.4 Å². The van der Waals surface area contributed by atoms with Gasteiger partial charge in [-0.3, -0.25) is 24.5 Å². The summed E-state index contributed by atoms with van der Waals surface area (Å²) in [6.45, 7) is 4.00. The molecule has 7 heteroatoms. The van der Waals surface area contributed by atoms with Crippen molar-refractivity contribution in [1.29, 1.82) is 0 Å². The Balaban J connectivity index is 2.02. The topological polar surface area (TPSA) is 84.3 Å². The van der Waals surface area contributed by atoms with Gasteiger partial charge in [0.1, 0.15) is 5.92 Å². The first-order valence-electron chi connectivity index (χ1n) is 5.64. The molecule has 1 saturated heterocycles. The van der Waals surface area contributed by atoms with Gasteiger partial charge in [-0.25, -0.2) is 4.79 Å². The third-order valence-electron chi connectivity index (χ3n) is 2.82. The average molecular weight is 250 g/mol. The van der Waals surface area contributed by atoms with Crippen molar-refractivity contribution in [2.24, 2.45) is 5.92 Å². The number of nitrogens with zero attached hydrogens (tertiary/aromatic N) is 3. The standard InChI is InChI=1S/C11H14N4O3/c1-7-5-12-14(6-7)3-4-15-10(17)8(2)9(16)13-11(15)18/h5-6,8H,3-4H2,1-2H3,(H,13,16,18). The molecule has 0 aromatic carbocycles. The number of carbonyl (C=O) groups excluding carboxylic acids is 3. The van der Waals surface area contributed by atoms with E-state index in [4.69, 9.17) is 0 Å². The maximum absolute atomic E-state index is 11.8. The van der Waals surface area contributed by atoms with Crippen molar-refractivity contribution in [3.05, 3.63) is 18.0 Å². The molecule has 0 radical (unpaired) electrons. The van der Waals surface area contributed by atoms with Crippen LogP contribution in [0, 0.1) is 12.8 Å². The highest BCUT2D eigenvalue weighted by atomic mass is 16.2. The molecule has 1 N–H and O–H groups in total. The first-order valence-corrected chi connectivity index (χ1v) is 5.64. The number of imide groups is 2. The van der Waals surface area contributed by atoms with Crippen LogP contribution in [0.4, 0.5) is 4.79 Å². The summed E-state index contributed by atoms with van der Waals surface area (Å²) in [5.74, 6) is -1.83. The van der Waals surface area contributed by atoms with Gasteiger partial charge in [-0.15, -0.1) is 0 Å². The average Bonchev–Trinajstić information content (AvgIpc) is 2.72. The summed E-state index contributed by atoms with van der Waals surface area (Å²) in [6.07, 6.45) is 3.52. The van der Waals surface area contributed by atoms with Crippen LogP contribution in [0.15, 0.2) is 12.4 Å². The van der Waals surface area contributed by atoms with Crippen LogP contribution >= 0.6 is 0 Å². The van der Waals surface area contributed by atoms with E-state index in [0.717, 1.165) is 10.5 Å². The number of amides is 4. The van der Waals surface area contributed by atoms with Crippen LogP contribution in [0.25, 0.3) is 0 Å². The molecular weight excluding hydrogens is 236 g/mol. The number of aryl methyl sites for hydroxylation is 1. The number of urea groups is 1. The molecule has 0 saturated carbocycles. The molecule has 18 heavy (non-hydrogen) atoms. The summed E-state index contributed by atoms with van der Waals surface area (Å²) in [7, 11) is 0. The molecule has 1 unspecified atom stereocenters. The lowest BCUT2D eigenvalue weighted by atomic mass is 10.1. The third-order valence-corrected chi connectivity index (χ3v) is 2.82. The molecule has 1 aliphatic heterocycles. The van der Waals surface area contributed by atoms with Crippen LogP contribution in [-0.4, -0.2) is 39.1 Å². The number of barbiturate groups is 1. The number of hydrogen-bond acceptors (Lipinski definition) is 4. The minimum Gasteiger partial charge on any atom is -0.277 e. The van der Waals surface area contributed by atoms with Crippen LogP contribution in [-0.2, 0) is 16.1 Å². The Bertz CT molecular complexity index is 508. The van der Waals surface area contributed by atoms with Crippen molar-refractivity contribution >= 4 is 17.8 Å². The van der Waals surface area contributed by atoms with Gasteiger partial charge in [0.05, 0.1) is 19.3 Å². The molecule has 0 aliphatic carbocycles. The highest BCUT2D eigenvalue weighted by molar-refractivity contribution is 6.15. The molecule has 1 aromatic heterocycles. The highest BCUT2D eigenvalue weighted by Gasteiger charge is 2.36. The minimum atomic E-state index is -0.818. The first kappa shape index (κ1) is 12.3. The fourth-order valence-corrected chi connectivity index (χ4v) is 1.73. The fourth-order valence-electron chi connectivity index (χ4n) is 1.73. The van der Waals surface area contributed by atoms with Gasteiger partial charge in [0, 0.05) is 6.20 Å². The van der Waals surface area contributed by atoms with Gasteiger partial charge in [-0.05, 0) is 19.4 Å². The summed E-state index contributed by atoms with van der Waals surface area (Å²) >= 11 is 0. The second-order valence-corrected chi connectivity index (χ2v) is 4.29. The van der Waals surface area contributed by atoms with Gasteiger partial charge in [0.2, 0.25) is 11.8 Å². The zero-order valence-electron chi connectivity index (χ0n) is 10.2. The highest BCUT2D eigenvalue weighted by Crippen LogP contribution is 2.09. The first-order chi connectivity index (χ1) is 8.49. The van der Waals surface area contributed by atoms with Gasteiger partial charge in [-0.1, -0.05) is 0 Å². The second kappa shape index (κ2) is 4.59. The van der Waals surface area contributed by atoms with E-state index in [1.54, 1.807) is 10.9 Å². The summed E-state index contributed by atoms with van der Waals surface area (Å²) in [6, 6.07) is -0.660. The molecule has 4 amide bonds. The Hall–Kier alpha value is -2.18. The molecule has 96 valence electrons. The number of carbonyl (C=O) groups is 3. The van der Waals surface area contributed by atoms with Crippen LogP contribution in [0.2, 0.25) is 0 Å². The van der Waals surface area contributed by atoms with Crippen molar-refractivity contribution in [2.45, 2.75) is 20.4 Å². The zero-order chi connectivity index (χ0) is 13.3. The lowest BCUT2D eigenvalue weighted by Crippen LogP contribution is -2.57. The molecule has 0 bridgehead atoms. The number of rotatable bonds is 3. The monoisotopic (exact) mass is 250 g/mol. The van der Waals surface area contributed by atoms with Crippen LogP contribution in [0.3, 0.4) is 0 Å². The van der Waals surface area contributed by atoms with Crippen LogP contribution < -0.4 is 5.32 Å². The molecule has 2 heterocycles. The van der Waals surface area contributed by atoms with E-state index in [0.29, 0.717) is 6.54 Å². The van der Waals surface area contributed by atoms with Crippen molar-refractivity contribution in [1.82, 2.24) is 20.0 Å². The van der Waals surface area contributed by atoms with Gasteiger partial charge in [0.15, 0.2) is 0 Å². The summed E-state index contributed by atoms with van der Waals surface area (Å²) in [5, 5.41) is 6.21. The molecule has 1 atom stereocenters. The van der Waals surface area contributed by atoms with Gasteiger partial charge in [0.25, 0.3) is 0 Å². The van der Waals surface area contributed by atoms with Gasteiger partial charge in [-0.2, -0.15) is 5.10 Å². The molecule has 0 spiro atoms. The Kier molecular flexibility index (Phi) is 3.14. The summed E-state index contributed by atoms with van der Waals surface area (Å²) in [5.41, 5.74) is 1.01. The number of aromatic nitrogens is 2. The quantitative estimate of drug-likeness (QED) is 0.759. The van der Waals surface area contributed by atoms with Crippen molar-refractivity contribution in [3.8, 4) is 0 Å². The van der Waals surface area contributed by atoms with Crippen LogP contribution in [0.1, 0.15) is 12.5 Å². The lowest BCUT2D eigenvalue weighted by Gasteiger charge is -2.28. The van der Waals surface area contributed by atoms with E-state index >= 15 is 0 Å². The van der Waals surface area contributed by atoms with E-state index in [1.807, 2.05) is 13.1 Å². The lowest BCUT2D eigenvalue weighted by molar-refractivity contribution is -0.141. The molecule has 1 aliphatic rings. The molecule has 2 rings (SSSR count). The van der Waals surface area contributed by atoms with Crippen molar-refractivity contribution < 1.29 is 14.4 Å². The Labute approximate surface area is 104 Å². The minimum absolute atomic E-state index is 0.198. The van der Waals surface area contributed by atoms with E-state index < -0.39 is 23.8 Å². The molecule has 1 fully saturated rings. The SMILES string of the molecule is Cc1cnn(CCN2C(=O)NC(=O)C(C)C2=O)c1. The van der Waals surface area contributed by atoms with Gasteiger partial charge < -0.3 is 0 Å². The third kappa shape index (κ3) is 2.24. The molecule has 7 nitrogen and oxygen atoms in total. The fraction of sp³-hybridized carbons (Fsp3) is 0.455. The number of nitrogens with one attached hydrogen (secondary N) is 1. The van der Waals surface area contributed by atoms with E-state index in [1.165, 1.54) is 6.92 Å². The molecular formula is C11H14N4O3. The Morgan fingerprint density at radius 3 is 2.67 bits per heavy atom. The summed E-state index contributed by atoms with van der Waals surface area (Å²) < 4.78 is 1.65. The second-order valence-electron chi connectivity index (χ2n) is 4.29. The van der Waals surface area contributed by atoms with E-state index in [-0.39, 0.29) is 6.54 Å². The van der Waals surface area contributed by atoms with Crippen LogP contribution in [0.5, 0.6) is 0 Å². The largest absolute Gasteiger partial charge is 0.330 e.